The van der Waals surface area contributed by atoms with Crippen molar-refractivity contribution in [3.63, 3.8) is 0 Å². The summed E-state index contributed by atoms with van der Waals surface area (Å²) in [5, 5.41) is 4.51. The lowest BCUT2D eigenvalue weighted by atomic mass is 10.2. The molecule has 0 amide bonds. The maximum absolute atomic E-state index is 13.9. The van der Waals surface area contributed by atoms with Crippen molar-refractivity contribution in [2.24, 2.45) is 0 Å². The van der Waals surface area contributed by atoms with E-state index in [1.165, 1.54) is 11.6 Å². The van der Waals surface area contributed by atoms with Gasteiger partial charge in [0.2, 0.25) is 7.29 Å². The van der Waals surface area contributed by atoms with Crippen LogP contribution in [0.15, 0.2) is 90.5 Å². The average Bonchev–Trinajstić information content (AvgIpc) is 2.68. The summed E-state index contributed by atoms with van der Waals surface area (Å²) in [5.41, 5.74) is 1.97. The fourth-order valence-corrected chi connectivity index (χ4v) is 5.96. The van der Waals surface area contributed by atoms with Crippen molar-refractivity contribution in [2.45, 2.75) is 0 Å². The number of nitrogens with one attached hydrogen (secondary N) is 1. The monoisotopic (exact) mass is 481 g/mol. The highest BCUT2D eigenvalue weighted by atomic mass is 35.5. The maximum atomic E-state index is 13.9. The SMILES string of the molecule is O=P(C=C(Cl)c1ccccc1)(/C=C(\Cl)c1ccccc1)Nc1cc(Cl)cc(Cl)c1. The zero-order valence-corrected chi connectivity index (χ0v) is 18.9. The third-order valence-corrected chi connectivity index (χ3v) is 7.16. The smallest absolute Gasteiger partial charge is 0.216 e. The number of rotatable bonds is 6. The van der Waals surface area contributed by atoms with E-state index in [4.69, 9.17) is 46.4 Å². The van der Waals surface area contributed by atoms with Crippen molar-refractivity contribution in [1.82, 2.24) is 0 Å². The van der Waals surface area contributed by atoms with E-state index in [2.05, 4.69) is 5.09 Å². The topological polar surface area (TPSA) is 29.1 Å². The maximum Gasteiger partial charge on any atom is 0.216 e. The van der Waals surface area contributed by atoms with E-state index < -0.39 is 7.29 Å². The van der Waals surface area contributed by atoms with Gasteiger partial charge in [0.25, 0.3) is 0 Å². The van der Waals surface area contributed by atoms with E-state index in [-0.39, 0.29) is 0 Å². The van der Waals surface area contributed by atoms with Crippen molar-refractivity contribution >= 4 is 69.4 Å². The van der Waals surface area contributed by atoms with Gasteiger partial charge in [-0.25, -0.2) is 0 Å². The van der Waals surface area contributed by atoms with Crippen LogP contribution in [0.3, 0.4) is 0 Å². The molecule has 3 rings (SSSR count). The average molecular weight is 483 g/mol. The Morgan fingerprint density at radius 3 is 1.55 bits per heavy atom. The molecule has 0 aliphatic rings. The first-order chi connectivity index (χ1) is 13.8. The quantitative estimate of drug-likeness (QED) is 0.355. The summed E-state index contributed by atoms with van der Waals surface area (Å²) in [6, 6.07) is 23.4. The zero-order chi connectivity index (χ0) is 20.9. The molecule has 3 aromatic rings. The lowest BCUT2D eigenvalue weighted by Gasteiger charge is -2.16. The van der Waals surface area contributed by atoms with Gasteiger partial charge in [-0.1, -0.05) is 107 Å². The first-order valence-corrected chi connectivity index (χ1v) is 11.9. The molecule has 0 fully saturated rings. The van der Waals surface area contributed by atoms with Crippen LogP contribution in [0.25, 0.3) is 10.1 Å². The zero-order valence-electron chi connectivity index (χ0n) is 15.0. The summed E-state index contributed by atoms with van der Waals surface area (Å²) in [6.07, 6.45) is 0. The number of anilines is 1. The Bertz CT molecular complexity index is 1020. The normalized spacial score (nSPS) is 14.3. The lowest BCUT2D eigenvalue weighted by Crippen LogP contribution is -1.94. The molecule has 1 unspecified atom stereocenters. The van der Waals surface area contributed by atoms with Crippen LogP contribution in [-0.2, 0) is 4.57 Å². The van der Waals surface area contributed by atoms with Gasteiger partial charge in [0.1, 0.15) is 0 Å². The Labute approximate surface area is 190 Å². The van der Waals surface area contributed by atoms with Gasteiger partial charge in [-0.3, -0.25) is 4.57 Å². The highest BCUT2D eigenvalue weighted by Crippen LogP contribution is 2.54. The number of benzene rings is 3. The van der Waals surface area contributed by atoms with Crippen molar-refractivity contribution < 1.29 is 4.57 Å². The molecule has 148 valence electrons. The van der Waals surface area contributed by atoms with E-state index in [0.717, 1.165) is 11.1 Å². The molecule has 3 aromatic carbocycles. The first kappa shape index (κ1) is 22.0. The van der Waals surface area contributed by atoms with Crippen LogP contribution in [0.2, 0.25) is 10.0 Å². The van der Waals surface area contributed by atoms with Gasteiger partial charge in [0.05, 0.1) is 10.1 Å². The first-order valence-electron chi connectivity index (χ1n) is 8.56. The second kappa shape index (κ2) is 9.89. The minimum atomic E-state index is -3.38. The summed E-state index contributed by atoms with van der Waals surface area (Å²) < 4.78 is 13.9. The molecule has 1 atom stereocenters. The second-order valence-electron chi connectivity index (χ2n) is 6.17. The summed E-state index contributed by atoms with van der Waals surface area (Å²) in [5.74, 6) is 2.95. The van der Waals surface area contributed by atoms with E-state index in [1.807, 2.05) is 60.7 Å². The third-order valence-electron chi connectivity index (χ3n) is 3.88. The molecule has 0 bridgehead atoms. The molecule has 0 aliphatic heterocycles. The number of hydrogen-bond acceptors (Lipinski definition) is 1. The number of halogens is 4. The third kappa shape index (κ3) is 6.40. The summed E-state index contributed by atoms with van der Waals surface area (Å²) >= 11 is 25.1. The molecule has 0 radical (unpaired) electrons. The molecule has 0 saturated carbocycles. The molecule has 0 spiro atoms. The second-order valence-corrected chi connectivity index (χ2v) is 10.0. The van der Waals surface area contributed by atoms with Gasteiger partial charge < -0.3 is 5.09 Å². The van der Waals surface area contributed by atoms with E-state index in [0.29, 0.717) is 25.8 Å². The molecule has 0 saturated heterocycles. The van der Waals surface area contributed by atoms with Gasteiger partial charge in [0.15, 0.2) is 0 Å². The van der Waals surface area contributed by atoms with Crippen molar-refractivity contribution in [2.75, 3.05) is 5.09 Å². The van der Waals surface area contributed by atoms with Crippen LogP contribution in [0.1, 0.15) is 11.1 Å². The molecular formula is C22H16Cl4NOP. The molecule has 0 heterocycles. The van der Waals surface area contributed by atoms with Crippen LogP contribution in [0.4, 0.5) is 5.69 Å². The minimum Gasteiger partial charge on any atom is -0.330 e. The largest absolute Gasteiger partial charge is 0.330 e. The van der Waals surface area contributed by atoms with Crippen LogP contribution in [-0.4, -0.2) is 0 Å². The lowest BCUT2D eigenvalue weighted by molar-refractivity contribution is 0.589. The van der Waals surface area contributed by atoms with Gasteiger partial charge in [-0.2, -0.15) is 0 Å². The van der Waals surface area contributed by atoms with Crippen LogP contribution < -0.4 is 5.09 Å². The van der Waals surface area contributed by atoms with Crippen molar-refractivity contribution in [1.29, 1.82) is 0 Å². The van der Waals surface area contributed by atoms with E-state index in [1.54, 1.807) is 18.2 Å². The van der Waals surface area contributed by atoms with Crippen molar-refractivity contribution in [3.05, 3.63) is 112 Å². The van der Waals surface area contributed by atoms with E-state index >= 15 is 0 Å². The Hall–Kier alpha value is -1.67. The Balaban J connectivity index is 2.06. The molecule has 0 aliphatic carbocycles. The fourth-order valence-electron chi connectivity index (χ4n) is 2.60. The standard InChI is InChI=1S/C22H16Cl4NOP/c23-18-11-19(24)13-20(12-18)27-29(28,14-21(25)16-7-3-1-4-8-16)15-22(26)17-9-5-2-6-10-17/h1-15H,(H,27,28)/b21-14-,22-15?. The Morgan fingerprint density at radius 1 is 0.724 bits per heavy atom. The predicted molar refractivity (Wildman–Crippen MR) is 128 cm³/mol. The van der Waals surface area contributed by atoms with Crippen LogP contribution >= 0.6 is 53.7 Å². The molecular weight excluding hydrogens is 467 g/mol. The highest BCUT2D eigenvalue weighted by molar-refractivity contribution is 7.72. The predicted octanol–water partition coefficient (Wildman–Crippen LogP) is 9.16. The van der Waals surface area contributed by atoms with Gasteiger partial charge in [-0.15, -0.1) is 0 Å². The van der Waals surface area contributed by atoms with Crippen LogP contribution in [0.5, 0.6) is 0 Å². The Morgan fingerprint density at radius 2 is 1.14 bits per heavy atom. The van der Waals surface area contributed by atoms with E-state index in [9.17, 15) is 4.57 Å². The minimum absolute atomic E-state index is 0.336. The molecule has 2 nitrogen and oxygen atoms in total. The van der Waals surface area contributed by atoms with Crippen LogP contribution in [0, 0.1) is 0 Å². The highest BCUT2D eigenvalue weighted by Gasteiger charge is 2.20. The number of hydrogen-bond donors (Lipinski definition) is 1. The van der Waals surface area contributed by atoms with Gasteiger partial charge in [0, 0.05) is 27.4 Å². The van der Waals surface area contributed by atoms with Gasteiger partial charge >= 0.3 is 0 Å². The molecule has 29 heavy (non-hydrogen) atoms. The molecule has 0 aromatic heterocycles. The van der Waals surface area contributed by atoms with Crippen molar-refractivity contribution in [3.8, 4) is 0 Å². The summed E-state index contributed by atoms with van der Waals surface area (Å²) in [4.78, 5) is 0. The fraction of sp³-hybridized carbons (Fsp3) is 0. The summed E-state index contributed by atoms with van der Waals surface area (Å²) in [6.45, 7) is 0. The Kier molecular flexibility index (Phi) is 7.51. The summed E-state index contributed by atoms with van der Waals surface area (Å²) in [7, 11) is -3.38. The van der Waals surface area contributed by atoms with Gasteiger partial charge in [-0.05, 0) is 29.3 Å². The molecule has 1 N–H and O–H groups in total. The molecule has 7 heteroatoms.